The second kappa shape index (κ2) is 3.29. The van der Waals surface area contributed by atoms with Crippen molar-refractivity contribution >= 4 is 7.12 Å². The van der Waals surface area contributed by atoms with Crippen LogP contribution in [0.5, 0.6) is 0 Å². The molecule has 0 fully saturated rings. The average molecular weight is 164 g/mol. The number of hydrogen-bond acceptors (Lipinski definition) is 2. The first-order valence-corrected chi connectivity index (χ1v) is 3.97. The van der Waals surface area contributed by atoms with Crippen molar-refractivity contribution in [3.8, 4) is 0 Å². The summed E-state index contributed by atoms with van der Waals surface area (Å²) in [5, 5.41) is 17.6. The van der Waals surface area contributed by atoms with Gasteiger partial charge in [-0.25, -0.2) is 0 Å². The fourth-order valence-corrected chi connectivity index (χ4v) is 1.02. The van der Waals surface area contributed by atoms with E-state index in [0.717, 1.165) is 5.56 Å². The Morgan fingerprint density at radius 1 is 1.08 bits per heavy atom. The molecule has 1 aromatic carbocycles. The summed E-state index contributed by atoms with van der Waals surface area (Å²) in [5.41, 5.74) is 0.931. The van der Waals surface area contributed by atoms with Crippen LogP contribution in [0.1, 0.15) is 19.4 Å². The van der Waals surface area contributed by atoms with Gasteiger partial charge in [-0.15, -0.1) is 0 Å². The maximum atomic E-state index is 9.09. The minimum Gasteiger partial charge on any atom is -0.426 e. The molecule has 0 amide bonds. The van der Waals surface area contributed by atoms with Crippen LogP contribution in [0, 0.1) is 0 Å². The molecule has 1 rings (SSSR count). The first kappa shape index (κ1) is 9.29. The predicted octanol–water partition coefficient (Wildman–Crippen LogP) is 0.976. The highest BCUT2D eigenvalue weighted by molar-refractivity contribution is 6.45. The highest BCUT2D eigenvalue weighted by Gasteiger charge is 2.33. The smallest absolute Gasteiger partial charge is 0.426 e. The van der Waals surface area contributed by atoms with Gasteiger partial charge in [0, 0.05) is 5.31 Å². The van der Waals surface area contributed by atoms with E-state index in [1.165, 1.54) is 0 Å². The van der Waals surface area contributed by atoms with Gasteiger partial charge in [0.1, 0.15) is 0 Å². The zero-order valence-electron chi connectivity index (χ0n) is 7.36. The third-order valence-electron chi connectivity index (χ3n) is 2.16. The summed E-state index contributed by atoms with van der Waals surface area (Å²) in [7, 11) is -1.32. The van der Waals surface area contributed by atoms with Gasteiger partial charge >= 0.3 is 7.12 Å². The van der Waals surface area contributed by atoms with E-state index in [1.54, 1.807) is 13.8 Å². The quantitative estimate of drug-likeness (QED) is 0.639. The molecule has 0 aliphatic rings. The molecule has 0 unspecified atom stereocenters. The van der Waals surface area contributed by atoms with E-state index in [2.05, 4.69) is 0 Å². The SMILES string of the molecule is CC(C)(B(O)O)c1ccccc1. The molecule has 0 aliphatic heterocycles. The van der Waals surface area contributed by atoms with E-state index in [4.69, 9.17) is 10.0 Å². The first-order chi connectivity index (χ1) is 5.55. The summed E-state index contributed by atoms with van der Waals surface area (Å²) in [5.74, 6) is 0. The molecule has 1 aromatic rings. The second-order valence-electron chi connectivity index (χ2n) is 3.46. The van der Waals surface area contributed by atoms with E-state index in [9.17, 15) is 0 Å². The Morgan fingerprint density at radius 3 is 2.00 bits per heavy atom. The van der Waals surface area contributed by atoms with Crippen LogP contribution >= 0.6 is 0 Å². The molecule has 0 saturated carbocycles. The van der Waals surface area contributed by atoms with E-state index in [-0.39, 0.29) is 0 Å². The molecule has 2 N–H and O–H groups in total. The maximum absolute atomic E-state index is 9.09. The van der Waals surface area contributed by atoms with Gasteiger partial charge in [-0.1, -0.05) is 44.2 Å². The lowest BCUT2D eigenvalue weighted by Gasteiger charge is -2.23. The van der Waals surface area contributed by atoms with E-state index >= 15 is 0 Å². The van der Waals surface area contributed by atoms with Gasteiger partial charge in [0.05, 0.1) is 0 Å². The Bertz CT molecular complexity index is 244. The zero-order valence-corrected chi connectivity index (χ0v) is 7.36. The molecule has 0 heterocycles. The van der Waals surface area contributed by atoms with Gasteiger partial charge in [0.25, 0.3) is 0 Å². The topological polar surface area (TPSA) is 40.5 Å². The lowest BCUT2D eigenvalue weighted by atomic mass is 9.57. The molecule has 0 spiro atoms. The standard InChI is InChI=1S/C9H13BO2/c1-9(2,10(11)12)8-6-4-3-5-7-8/h3-7,11-12H,1-2H3. The Hall–Kier alpha value is -0.795. The lowest BCUT2D eigenvalue weighted by Crippen LogP contribution is -2.38. The Balaban J connectivity index is 2.98. The van der Waals surface area contributed by atoms with Crippen molar-refractivity contribution in [1.29, 1.82) is 0 Å². The molecule has 2 nitrogen and oxygen atoms in total. The summed E-state index contributed by atoms with van der Waals surface area (Å²) in [6.07, 6.45) is 0. The van der Waals surface area contributed by atoms with Crippen molar-refractivity contribution in [2.24, 2.45) is 0 Å². The molecule has 0 bridgehead atoms. The molecule has 0 aliphatic carbocycles. The normalized spacial score (nSPS) is 11.3. The van der Waals surface area contributed by atoms with E-state index in [0.29, 0.717) is 0 Å². The van der Waals surface area contributed by atoms with Crippen molar-refractivity contribution in [3.05, 3.63) is 35.9 Å². The molecular formula is C9H13BO2. The van der Waals surface area contributed by atoms with Gasteiger partial charge in [0.15, 0.2) is 0 Å². The van der Waals surface area contributed by atoms with Gasteiger partial charge in [-0.05, 0) is 5.56 Å². The molecule has 0 saturated heterocycles. The number of rotatable bonds is 2. The van der Waals surface area contributed by atoms with E-state index in [1.807, 2.05) is 30.3 Å². The van der Waals surface area contributed by atoms with Gasteiger partial charge in [-0.3, -0.25) is 0 Å². The average Bonchev–Trinajstić information content (AvgIpc) is 2.06. The highest BCUT2D eigenvalue weighted by atomic mass is 16.4. The fraction of sp³-hybridized carbons (Fsp3) is 0.333. The van der Waals surface area contributed by atoms with Crippen molar-refractivity contribution < 1.29 is 10.0 Å². The second-order valence-corrected chi connectivity index (χ2v) is 3.46. The predicted molar refractivity (Wildman–Crippen MR) is 49.7 cm³/mol. The van der Waals surface area contributed by atoms with Crippen molar-refractivity contribution in [2.45, 2.75) is 19.2 Å². The maximum Gasteiger partial charge on any atom is 0.462 e. The monoisotopic (exact) mass is 164 g/mol. The summed E-state index contributed by atoms with van der Waals surface area (Å²) in [4.78, 5) is 0. The van der Waals surface area contributed by atoms with Crippen LogP contribution in [-0.2, 0) is 5.31 Å². The van der Waals surface area contributed by atoms with Gasteiger partial charge in [0.2, 0.25) is 0 Å². The minimum absolute atomic E-state index is 0.596. The van der Waals surface area contributed by atoms with Crippen LogP contribution < -0.4 is 0 Å². The van der Waals surface area contributed by atoms with Crippen LogP contribution in [0.25, 0.3) is 0 Å². The third-order valence-corrected chi connectivity index (χ3v) is 2.16. The van der Waals surface area contributed by atoms with E-state index < -0.39 is 12.4 Å². The summed E-state index contributed by atoms with van der Waals surface area (Å²) in [6.45, 7) is 3.60. The first-order valence-electron chi connectivity index (χ1n) is 3.97. The molecule has 3 heteroatoms. The Morgan fingerprint density at radius 2 is 1.58 bits per heavy atom. The van der Waals surface area contributed by atoms with Crippen LogP contribution in [-0.4, -0.2) is 17.2 Å². The summed E-state index contributed by atoms with van der Waals surface area (Å²) < 4.78 is 0. The molecule has 64 valence electrons. The fourth-order valence-electron chi connectivity index (χ4n) is 1.02. The third kappa shape index (κ3) is 1.68. The highest BCUT2D eigenvalue weighted by Crippen LogP contribution is 2.23. The minimum atomic E-state index is -1.32. The molecule has 12 heavy (non-hydrogen) atoms. The molecular weight excluding hydrogens is 151 g/mol. The van der Waals surface area contributed by atoms with Crippen molar-refractivity contribution in [2.75, 3.05) is 0 Å². The molecule has 0 atom stereocenters. The molecule has 0 aromatic heterocycles. The largest absolute Gasteiger partial charge is 0.462 e. The van der Waals surface area contributed by atoms with Gasteiger partial charge < -0.3 is 10.0 Å². The Labute approximate surface area is 73.0 Å². The van der Waals surface area contributed by atoms with Crippen molar-refractivity contribution in [3.63, 3.8) is 0 Å². The van der Waals surface area contributed by atoms with Crippen LogP contribution in [0.15, 0.2) is 30.3 Å². The van der Waals surface area contributed by atoms with Crippen LogP contribution in [0.4, 0.5) is 0 Å². The van der Waals surface area contributed by atoms with Crippen LogP contribution in [0.3, 0.4) is 0 Å². The van der Waals surface area contributed by atoms with Crippen LogP contribution in [0.2, 0.25) is 0 Å². The summed E-state index contributed by atoms with van der Waals surface area (Å²) in [6, 6.07) is 9.46. The summed E-state index contributed by atoms with van der Waals surface area (Å²) >= 11 is 0. The zero-order chi connectivity index (χ0) is 9.19. The molecule has 0 radical (unpaired) electrons. The number of benzene rings is 1. The lowest BCUT2D eigenvalue weighted by molar-refractivity contribution is 0.359. The Kier molecular flexibility index (Phi) is 2.55. The number of hydrogen-bond donors (Lipinski definition) is 2. The van der Waals surface area contributed by atoms with Gasteiger partial charge in [-0.2, -0.15) is 0 Å². The van der Waals surface area contributed by atoms with Crippen molar-refractivity contribution in [1.82, 2.24) is 0 Å².